The smallest absolute Gasteiger partial charge is 0.406 e. The molecule has 0 unspecified atom stereocenters. The van der Waals surface area contributed by atoms with Crippen LogP contribution in [0.4, 0.5) is 4.79 Å². The van der Waals surface area contributed by atoms with E-state index in [2.05, 4.69) is 39.3 Å². The summed E-state index contributed by atoms with van der Waals surface area (Å²) in [6.07, 6.45) is 0.369. The molecule has 0 aliphatic carbocycles. The van der Waals surface area contributed by atoms with Crippen LogP contribution in [-0.4, -0.2) is 42.1 Å². The number of aryl methyl sites for hydroxylation is 1. The Bertz CT molecular complexity index is 1200. The van der Waals surface area contributed by atoms with Gasteiger partial charge < -0.3 is 19.8 Å². The average Bonchev–Trinajstić information content (AvgIpc) is 2.86. The van der Waals surface area contributed by atoms with E-state index >= 15 is 0 Å². The van der Waals surface area contributed by atoms with Gasteiger partial charge in [-0.25, -0.2) is 9.78 Å². The van der Waals surface area contributed by atoms with Crippen LogP contribution in [0.15, 0.2) is 53.3 Å². The minimum atomic E-state index is -0.497. The second kappa shape index (κ2) is 10.4. The number of benzene rings is 2. The molecule has 2 N–H and O–H groups in total. The van der Waals surface area contributed by atoms with Gasteiger partial charge in [-0.2, -0.15) is 11.8 Å². The molecule has 0 bridgehead atoms. The molecule has 0 radical (unpaired) electrons. The number of thioether (sulfide) groups is 1. The third-order valence-electron chi connectivity index (χ3n) is 5.92. The van der Waals surface area contributed by atoms with Gasteiger partial charge in [0.25, 0.3) is 5.56 Å². The van der Waals surface area contributed by atoms with E-state index in [1.807, 2.05) is 38.1 Å². The Hall–Kier alpha value is -3.10. The Kier molecular flexibility index (Phi) is 7.38. The van der Waals surface area contributed by atoms with Gasteiger partial charge in [-0.1, -0.05) is 48.5 Å². The number of fused-ring (bicyclic) bond motifs is 1. The van der Waals surface area contributed by atoms with Gasteiger partial charge in [0.1, 0.15) is 5.82 Å². The van der Waals surface area contributed by atoms with Crippen LogP contribution in [0, 0.1) is 0 Å². The number of rotatable bonds is 7. The highest BCUT2D eigenvalue weighted by atomic mass is 32.2. The number of nitrogens with zero attached hydrogens (tertiary/aromatic N) is 1. The molecule has 34 heavy (non-hydrogen) atoms. The van der Waals surface area contributed by atoms with Gasteiger partial charge in [0.05, 0.1) is 25.0 Å². The molecule has 8 heteroatoms. The molecule has 1 aliphatic rings. The second-order valence-corrected chi connectivity index (χ2v) is 9.68. The lowest BCUT2D eigenvalue weighted by Crippen LogP contribution is -2.30. The molecule has 0 spiro atoms. The van der Waals surface area contributed by atoms with Gasteiger partial charge in [-0.15, -0.1) is 0 Å². The summed E-state index contributed by atoms with van der Waals surface area (Å²) >= 11 is 1.77. The van der Waals surface area contributed by atoms with Gasteiger partial charge in [0.15, 0.2) is 0 Å². The van der Waals surface area contributed by atoms with Crippen LogP contribution in [0.3, 0.4) is 0 Å². The van der Waals surface area contributed by atoms with Crippen molar-refractivity contribution < 1.29 is 14.3 Å². The first kappa shape index (κ1) is 24.0. The van der Waals surface area contributed by atoms with E-state index in [0.29, 0.717) is 19.0 Å². The van der Waals surface area contributed by atoms with Gasteiger partial charge in [-0.3, -0.25) is 4.79 Å². The highest BCUT2D eigenvalue weighted by molar-refractivity contribution is 7.98. The zero-order chi connectivity index (χ0) is 24.1. The monoisotopic (exact) mass is 479 g/mol. The number of aromatic amines is 1. The number of H-pyrrole nitrogens is 1. The van der Waals surface area contributed by atoms with Crippen molar-refractivity contribution in [3.8, 4) is 22.5 Å². The molecule has 0 atom stereocenters. The Morgan fingerprint density at radius 1 is 1.09 bits per heavy atom. The van der Waals surface area contributed by atoms with Crippen LogP contribution < -0.4 is 10.9 Å². The zero-order valence-electron chi connectivity index (χ0n) is 19.6. The van der Waals surface area contributed by atoms with Crippen molar-refractivity contribution in [2.24, 2.45) is 0 Å². The van der Waals surface area contributed by atoms with Crippen molar-refractivity contribution >= 4 is 17.9 Å². The van der Waals surface area contributed by atoms with Crippen LogP contribution in [0.2, 0.25) is 0 Å². The Labute approximate surface area is 203 Å². The third kappa shape index (κ3) is 5.51. The first-order chi connectivity index (χ1) is 16.4. The van der Waals surface area contributed by atoms with Crippen LogP contribution >= 0.6 is 11.8 Å². The fourth-order valence-corrected chi connectivity index (χ4v) is 4.86. The van der Waals surface area contributed by atoms with Gasteiger partial charge in [0, 0.05) is 23.4 Å². The van der Waals surface area contributed by atoms with E-state index in [4.69, 9.17) is 9.72 Å². The van der Waals surface area contributed by atoms with E-state index in [1.165, 1.54) is 7.11 Å². The van der Waals surface area contributed by atoms with E-state index in [0.717, 1.165) is 51.4 Å². The van der Waals surface area contributed by atoms with Crippen LogP contribution in [0.5, 0.6) is 0 Å². The molecule has 0 fully saturated rings. The molecular formula is C26H29N3O4S. The van der Waals surface area contributed by atoms with Crippen LogP contribution in [-0.2, 0) is 27.2 Å². The number of nitrogens with one attached hydrogen (secondary N) is 2. The Balaban J connectivity index is 1.44. The number of alkyl carbamates (subject to hydrolysis) is 1. The number of aromatic nitrogens is 2. The SMILES string of the molecule is COC(=O)NCCOC(C)(C)c1ccc(-c2ccc(-c3nc4c(c(=O)[nH]3)CSCC4)cc2)cc1. The number of carbonyl (C=O) groups excluding carboxylic acids is 1. The van der Waals surface area contributed by atoms with E-state index < -0.39 is 11.7 Å². The van der Waals surface area contributed by atoms with Crippen molar-refractivity contribution in [3.05, 3.63) is 75.7 Å². The summed E-state index contributed by atoms with van der Waals surface area (Å²) < 4.78 is 10.5. The molecule has 2 aromatic carbocycles. The first-order valence-electron chi connectivity index (χ1n) is 11.2. The first-order valence-corrected chi connectivity index (χ1v) is 12.4. The molecule has 1 aliphatic heterocycles. The number of methoxy groups -OCH3 is 1. The fourth-order valence-electron chi connectivity index (χ4n) is 3.88. The van der Waals surface area contributed by atoms with Crippen molar-refractivity contribution in [3.63, 3.8) is 0 Å². The van der Waals surface area contributed by atoms with Crippen LogP contribution in [0.25, 0.3) is 22.5 Å². The Morgan fingerprint density at radius 2 is 1.74 bits per heavy atom. The second-order valence-electron chi connectivity index (χ2n) is 8.57. The summed E-state index contributed by atoms with van der Waals surface area (Å²) in [6, 6.07) is 16.3. The molecule has 1 aromatic heterocycles. The molecule has 4 rings (SSSR count). The third-order valence-corrected chi connectivity index (χ3v) is 6.91. The standard InChI is InChI=1S/C26H29N3O4S/c1-26(2,33-14-13-27-25(31)32-3)20-10-8-18(9-11-20)17-4-6-19(7-5-17)23-28-22-12-15-34-16-21(22)24(30)29-23/h4-11H,12-16H2,1-3H3,(H,27,31)(H,28,29,30). The molecule has 0 saturated heterocycles. The predicted molar refractivity (Wildman–Crippen MR) is 135 cm³/mol. The van der Waals surface area contributed by atoms with Crippen molar-refractivity contribution in [2.45, 2.75) is 31.6 Å². The molecule has 1 amide bonds. The summed E-state index contributed by atoms with van der Waals surface area (Å²) in [4.78, 5) is 31.2. The summed E-state index contributed by atoms with van der Waals surface area (Å²) in [7, 11) is 1.33. The zero-order valence-corrected chi connectivity index (χ0v) is 20.5. The highest BCUT2D eigenvalue weighted by Crippen LogP contribution is 2.29. The number of amides is 1. The molecule has 2 heterocycles. The topological polar surface area (TPSA) is 93.3 Å². The number of hydrogen-bond acceptors (Lipinski definition) is 6. The summed E-state index contributed by atoms with van der Waals surface area (Å²) in [6.45, 7) is 4.76. The molecule has 178 valence electrons. The van der Waals surface area contributed by atoms with Gasteiger partial charge >= 0.3 is 6.09 Å². The number of ether oxygens (including phenoxy) is 2. The number of carbonyl (C=O) groups is 1. The van der Waals surface area contributed by atoms with Crippen molar-refractivity contribution in [1.82, 2.24) is 15.3 Å². The highest BCUT2D eigenvalue weighted by Gasteiger charge is 2.21. The normalized spacial score (nSPS) is 13.3. The van der Waals surface area contributed by atoms with E-state index in [9.17, 15) is 9.59 Å². The molecule has 7 nitrogen and oxygen atoms in total. The van der Waals surface area contributed by atoms with Crippen molar-refractivity contribution in [1.29, 1.82) is 0 Å². The maximum atomic E-state index is 12.4. The Morgan fingerprint density at radius 3 is 2.41 bits per heavy atom. The molecule has 0 saturated carbocycles. The van der Waals surface area contributed by atoms with E-state index in [1.54, 1.807) is 11.8 Å². The maximum absolute atomic E-state index is 12.4. The lowest BCUT2D eigenvalue weighted by atomic mass is 9.95. The summed E-state index contributed by atoms with van der Waals surface area (Å²) in [5.41, 5.74) is 5.30. The van der Waals surface area contributed by atoms with E-state index in [-0.39, 0.29) is 5.56 Å². The average molecular weight is 480 g/mol. The van der Waals surface area contributed by atoms with Gasteiger partial charge in [0.2, 0.25) is 0 Å². The molecule has 3 aromatic rings. The fraction of sp³-hybridized carbons (Fsp3) is 0.346. The lowest BCUT2D eigenvalue weighted by Gasteiger charge is -2.26. The van der Waals surface area contributed by atoms with Crippen molar-refractivity contribution in [2.75, 3.05) is 26.0 Å². The minimum absolute atomic E-state index is 0.0298. The van der Waals surface area contributed by atoms with Gasteiger partial charge in [-0.05, 0) is 42.7 Å². The quantitative estimate of drug-likeness (QED) is 0.485. The summed E-state index contributed by atoms with van der Waals surface area (Å²) in [5, 5.41) is 2.61. The largest absolute Gasteiger partial charge is 0.453 e. The van der Waals surface area contributed by atoms with Crippen LogP contribution in [0.1, 0.15) is 30.7 Å². The minimum Gasteiger partial charge on any atom is -0.453 e. The maximum Gasteiger partial charge on any atom is 0.406 e. The lowest BCUT2D eigenvalue weighted by molar-refractivity contribution is -0.0195. The predicted octanol–water partition coefficient (Wildman–Crippen LogP) is 4.50. The number of hydrogen-bond donors (Lipinski definition) is 2. The summed E-state index contributed by atoms with van der Waals surface area (Å²) in [5.74, 6) is 2.36. The molecular weight excluding hydrogens is 450 g/mol.